The predicted octanol–water partition coefficient (Wildman–Crippen LogP) is 1.75. The lowest BCUT2D eigenvalue weighted by atomic mass is 10.3. The van der Waals surface area contributed by atoms with Crippen LogP contribution >= 0.6 is 12.4 Å². The zero-order chi connectivity index (χ0) is 8.10. The Morgan fingerprint density at radius 2 is 2.25 bits per heavy atom. The van der Waals surface area contributed by atoms with Crippen LogP contribution in [-0.4, -0.2) is 9.91 Å². The summed E-state index contributed by atoms with van der Waals surface area (Å²) in [7, 11) is 0. The van der Waals surface area contributed by atoms with Crippen molar-refractivity contribution in [2.75, 3.05) is 0 Å². The van der Waals surface area contributed by atoms with Gasteiger partial charge in [-0.15, -0.1) is 12.4 Å². The monoisotopic (exact) mass is 186 g/mol. The Hall–Kier alpha value is -1.42. The Morgan fingerprint density at radius 3 is 2.75 bits per heavy atom. The minimum absolute atomic E-state index is 0. The van der Waals surface area contributed by atoms with Crippen LogP contribution in [0.2, 0.25) is 0 Å². The molecule has 1 aromatic rings. The van der Waals surface area contributed by atoms with Crippen molar-refractivity contribution in [2.24, 2.45) is 0 Å². The Morgan fingerprint density at radius 1 is 1.50 bits per heavy atom. The summed E-state index contributed by atoms with van der Waals surface area (Å²) in [5.41, 5.74) is 0.587. The summed E-state index contributed by atoms with van der Waals surface area (Å²) in [6.45, 7) is 0. The van der Waals surface area contributed by atoms with Crippen molar-refractivity contribution in [1.29, 1.82) is 0 Å². The van der Waals surface area contributed by atoms with Crippen molar-refractivity contribution >= 4 is 18.5 Å². The van der Waals surface area contributed by atoms with E-state index in [-0.39, 0.29) is 12.4 Å². The highest BCUT2D eigenvalue weighted by atomic mass is 35.5. The van der Waals surface area contributed by atoms with E-state index in [1.807, 2.05) is 0 Å². The molecule has 0 amide bonds. The SMILES string of the molecule is Cl.O=[N+]([O-])C=Cc1ccccn1. The third kappa shape index (κ3) is 3.68. The molecule has 4 nitrogen and oxygen atoms in total. The van der Waals surface area contributed by atoms with Crippen LogP contribution < -0.4 is 0 Å². The second-order valence-corrected chi connectivity index (χ2v) is 1.86. The van der Waals surface area contributed by atoms with Crippen LogP contribution in [0.5, 0.6) is 0 Å². The van der Waals surface area contributed by atoms with Crippen molar-refractivity contribution in [2.45, 2.75) is 0 Å². The summed E-state index contributed by atoms with van der Waals surface area (Å²) in [5.74, 6) is 0. The maximum atomic E-state index is 9.86. The molecule has 0 saturated carbocycles. The fourth-order valence-corrected chi connectivity index (χ4v) is 0.612. The average Bonchev–Trinajstić information content (AvgIpc) is 2.03. The first-order chi connectivity index (χ1) is 5.29. The van der Waals surface area contributed by atoms with Gasteiger partial charge in [-0.05, 0) is 12.1 Å². The van der Waals surface area contributed by atoms with Crippen molar-refractivity contribution in [1.82, 2.24) is 4.98 Å². The maximum absolute atomic E-state index is 9.86. The maximum Gasteiger partial charge on any atom is 0.236 e. The standard InChI is InChI=1S/C7H6N2O2.ClH/c10-9(11)6-4-7-3-1-2-5-8-7;/h1-6H;1H. The molecule has 0 aliphatic carbocycles. The number of nitro groups is 1. The van der Waals surface area contributed by atoms with E-state index < -0.39 is 4.92 Å². The number of nitrogens with zero attached hydrogens (tertiary/aromatic N) is 2. The van der Waals surface area contributed by atoms with Gasteiger partial charge in [0.2, 0.25) is 6.20 Å². The Bertz CT molecular complexity index is 274. The molecule has 5 heteroatoms. The summed E-state index contributed by atoms with van der Waals surface area (Å²) < 4.78 is 0. The molecule has 1 heterocycles. The van der Waals surface area contributed by atoms with Crippen LogP contribution in [0.3, 0.4) is 0 Å². The Labute approximate surface area is 75.5 Å². The zero-order valence-corrected chi connectivity index (χ0v) is 6.90. The van der Waals surface area contributed by atoms with E-state index in [4.69, 9.17) is 0 Å². The molecule has 0 spiro atoms. The number of aromatic nitrogens is 1. The lowest BCUT2D eigenvalue weighted by molar-refractivity contribution is -0.401. The highest BCUT2D eigenvalue weighted by Crippen LogP contribution is 1.95. The van der Waals surface area contributed by atoms with E-state index in [0.717, 1.165) is 6.20 Å². The van der Waals surface area contributed by atoms with E-state index in [0.29, 0.717) is 5.69 Å². The molecule has 0 radical (unpaired) electrons. The number of hydrogen-bond acceptors (Lipinski definition) is 3. The van der Waals surface area contributed by atoms with Gasteiger partial charge in [0, 0.05) is 12.3 Å². The van der Waals surface area contributed by atoms with E-state index >= 15 is 0 Å². The Kier molecular flexibility index (Phi) is 4.64. The third-order valence-electron chi connectivity index (χ3n) is 1.05. The summed E-state index contributed by atoms with van der Waals surface area (Å²) in [6.07, 6.45) is 3.79. The first-order valence-electron chi connectivity index (χ1n) is 3.02. The molecular weight excluding hydrogens is 180 g/mol. The van der Waals surface area contributed by atoms with Crippen LogP contribution in [0.1, 0.15) is 5.69 Å². The van der Waals surface area contributed by atoms with Gasteiger partial charge in [-0.1, -0.05) is 6.07 Å². The van der Waals surface area contributed by atoms with E-state index in [2.05, 4.69) is 4.98 Å². The van der Waals surface area contributed by atoms with Crippen molar-refractivity contribution in [3.8, 4) is 0 Å². The smallest absolute Gasteiger partial charge is 0.236 e. The molecule has 1 aromatic heterocycles. The second kappa shape index (κ2) is 5.26. The average molecular weight is 187 g/mol. The lowest BCUT2D eigenvalue weighted by Gasteiger charge is -1.85. The molecule has 64 valence electrons. The van der Waals surface area contributed by atoms with Crippen LogP contribution in [0, 0.1) is 10.1 Å². The first-order valence-corrected chi connectivity index (χ1v) is 3.02. The van der Waals surface area contributed by atoms with Crippen molar-refractivity contribution in [3.05, 3.63) is 46.4 Å². The quantitative estimate of drug-likeness (QED) is 0.522. The highest BCUT2D eigenvalue weighted by Gasteiger charge is 1.87. The van der Waals surface area contributed by atoms with Gasteiger partial charge in [0.05, 0.1) is 10.6 Å². The Balaban J connectivity index is 0.00000121. The predicted molar refractivity (Wildman–Crippen MR) is 47.5 cm³/mol. The number of hydrogen-bond donors (Lipinski definition) is 0. The largest absolute Gasteiger partial charge is 0.259 e. The molecule has 0 fully saturated rings. The van der Waals surface area contributed by atoms with E-state index in [1.54, 1.807) is 24.4 Å². The molecule has 0 aliphatic heterocycles. The minimum Gasteiger partial charge on any atom is -0.259 e. The fourth-order valence-electron chi connectivity index (χ4n) is 0.612. The van der Waals surface area contributed by atoms with E-state index in [1.165, 1.54) is 6.08 Å². The molecule has 0 aliphatic rings. The summed E-state index contributed by atoms with van der Waals surface area (Å²) in [4.78, 5) is 13.2. The van der Waals surface area contributed by atoms with Crippen molar-refractivity contribution < 1.29 is 4.92 Å². The molecule has 12 heavy (non-hydrogen) atoms. The molecule has 0 saturated heterocycles. The van der Waals surface area contributed by atoms with Crippen LogP contribution in [0.15, 0.2) is 30.6 Å². The summed E-state index contributed by atoms with van der Waals surface area (Å²) in [5, 5.41) is 9.86. The molecule has 0 N–H and O–H groups in total. The third-order valence-corrected chi connectivity index (χ3v) is 1.05. The van der Waals surface area contributed by atoms with E-state index in [9.17, 15) is 10.1 Å². The van der Waals surface area contributed by atoms with Gasteiger partial charge < -0.3 is 0 Å². The van der Waals surface area contributed by atoms with Crippen LogP contribution in [-0.2, 0) is 0 Å². The summed E-state index contributed by atoms with van der Waals surface area (Å²) in [6, 6.07) is 5.22. The number of pyridine rings is 1. The molecule has 1 rings (SSSR count). The number of rotatable bonds is 2. The fraction of sp³-hybridized carbons (Fsp3) is 0. The lowest BCUT2D eigenvalue weighted by Crippen LogP contribution is -1.83. The second-order valence-electron chi connectivity index (χ2n) is 1.86. The van der Waals surface area contributed by atoms with Crippen LogP contribution in [0.25, 0.3) is 6.08 Å². The molecular formula is C7H7ClN2O2. The molecule has 0 aromatic carbocycles. The summed E-state index contributed by atoms with van der Waals surface area (Å²) >= 11 is 0. The molecule has 0 unspecified atom stereocenters. The van der Waals surface area contributed by atoms with Gasteiger partial charge in [0.1, 0.15) is 0 Å². The minimum atomic E-state index is -0.519. The van der Waals surface area contributed by atoms with Gasteiger partial charge in [-0.2, -0.15) is 0 Å². The van der Waals surface area contributed by atoms with Gasteiger partial charge in [-0.3, -0.25) is 15.1 Å². The van der Waals surface area contributed by atoms with Gasteiger partial charge >= 0.3 is 0 Å². The first kappa shape index (κ1) is 10.6. The highest BCUT2D eigenvalue weighted by molar-refractivity contribution is 5.85. The normalized spacial score (nSPS) is 9.33. The molecule has 0 bridgehead atoms. The number of halogens is 1. The van der Waals surface area contributed by atoms with Gasteiger partial charge in [0.15, 0.2) is 0 Å². The van der Waals surface area contributed by atoms with Gasteiger partial charge in [0.25, 0.3) is 0 Å². The topological polar surface area (TPSA) is 56.0 Å². The van der Waals surface area contributed by atoms with Gasteiger partial charge in [-0.25, -0.2) is 0 Å². The zero-order valence-electron chi connectivity index (χ0n) is 6.08. The van der Waals surface area contributed by atoms with Crippen molar-refractivity contribution in [3.63, 3.8) is 0 Å². The van der Waals surface area contributed by atoms with Crippen LogP contribution in [0.4, 0.5) is 0 Å². The molecule has 0 atom stereocenters.